The van der Waals surface area contributed by atoms with Gasteiger partial charge in [-0.2, -0.15) is 0 Å². The molecule has 0 fully saturated rings. The Morgan fingerprint density at radius 1 is 0.906 bits per heavy atom. The highest BCUT2D eigenvalue weighted by Gasteiger charge is 2.23. The maximum absolute atomic E-state index is 13.4. The summed E-state index contributed by atoms with van der Waals surface area (Å²) in [4.78, 5) is 25.1. The molecule has 0 saturated carbocycles. The van der Waals surface area contributed by atoms with Crippen LogP contribution in [-0.2, 0) is 22.6 Å². The van der Waals surface area contributed by atoms with Crippen LogP contribution < -0.4 is 10.6 Å². The molecule has 3 N–H and O–H groups in total. The van der Waals surface area contributed by atoms with Crippen LogP contribution in [0, 0.1) is 5.82 Å². The summed E-state index contributed by atoms with van der Waals surface area (Å²) in [6.45, 7) is -0.0566. The van der Waals surface area contributed by atoms with E-state index in [1.165, 1.54) is 18.2 Å². The number of aliphatic hydroxyl groups is 1. The maximum atomic E-state index is 13.4. The van der Waals surface area contributed by atoms with Gasteiger partial charge in [0.25, 0.3) is 0 Å². The van der Waals surface area contributed by atoms with Crippen LogP contribution in [0.5, 0.6) is 0 Å². The first-order chi connectivity index (χ1) is 15.5. The van der Waals surface area contributed by atoms with Gasteiger partial charge in [0, 0.05) is 13.0 Å². The van der Waals surface area contributed by atoms with Crippen molar-refractivity contribution >= 4 is 12.0 Å². The lowest BCUT2D eigenvalue weighted by Crippen LogP contribution is -2.49. The third kappa shape index (κ3) is 7.21. The summed E-state index contributed by atoms with van der Waals surface area (Å²) in [6, 6.07) is 23.0. The van der Waals surface area contributed by atoms with Crippen LogP contribution in [0.15, 0.2) is 84.9 Å². The Morgan fingerprint density at radius 2 is 1.56 bits per heavy atom. The fraction of sp³-hybridized carbons (Fsp3) is 0.200. The number of nitrogens with one attached hydrogen (secondary N) is 2. The monoisotopic (exact) mass is 436 g/mol. The Hall–Kier alpha value is -3.71. The molecule has 0 saturated heterocycles. The first-order valence-corrected chi connectivity index (χ1v) is 10.2. The molecule has 0 spiro atoms. The van der Waals surface area contributed by atoms with Crippen LogP contribution in [0.4, 0.5) is 9.18 Å². The molecule has 0 bridgehead atoms. The van der Waals surface area contributed by atoms with Gasteiger partial charge in [-0.3, -0.25) is 4.79 Å². The Kier molecular flexibility index (Phi) is 8.34. The van der Waals surface area contributed by atoms with Gasteiger partial charge in [0.05, 0.1) is 6.10 Å². The third-order valence-electron chi connectivity index (χ3n) is 4.81. The van der Waals surface area contributed by atoms with E-state index in [4.69, 9.17) is 4.74 Å². The molecule has 0 heterocycles. The Morgan fingerprint density at radius 3 is 2.22 bits per heavy atom. The molecule has 7 heteroatoms. The summed E-state index contributed by atoms with van der Waals surface area (Å²) >= 11 is 0. The minimum atomic E-state index is -1.09. The quantitative estimate of drug-likeness (QED) is 0.479. The number of hydrogen-bond acceptors (Lipinski definition) is 4. The summed E-state index contributed by atoms with van der Waals surface area (Å²) in [5.74, 6) is -0.960. The summed E-state index contributed by atoms with van der Waals surface area (Å²) in [5.41, 5.74) is 2.02. The van der Waals surface area contributed by atoms with Gasteiger partial charge in [-0.1, -0.05) is 72.8 Å². The number of carbonyl (C=O) groups is 2. The van der Waals surface area contributed by atoms with Crippen LogP contribution in [-0.4, -0.2) is 29.7 Å². The fourth-order valence-corrected chi connectivity index (χ4v) is 3.12. The van der Waals surface area contributed by atoms with E-state index in [1.54, 1.807) is 6.07 Å². The summed E-state index contributed by atoms with van der Waals surface area (Å²) in [6.07, 6.45) is -1.57. The second-order valence-electron chi connectivity index (χ2n) is 7.26. The predicted molar refractivity (Wildman–Crippen MR) is 118 cm³/mol. The van der Waals surface area contributed by atoms with Gasteiger partial charge in [-0.15, -0.1) is 0 Å². The molecule has 0 aromatic heterocycles. The molecule has 0 aliphatic carbocycles. The number of benzene rings is 3. The van der Waals surface area contributed by atoms with E-state index in [9.17, 15) is 19.1 Å². The molecule has 166 valence electrons. The molecule has 2 amide bonds. The highest BCUT2D eigenvalue weighted by molar-refractivity contribution is 5.86. The topological polar surface area (TPSA) is 87.7 Å². The van der Waals surface area contributed by atoms with E-state index in [-0.39, 0.29) is 19.6 Å². The molecular weight excluding hydrogens is 411 g/mol. The zero-order valence-corrected chi connectivity index (χ0v) is 17.4. The molecule has 6 nitrogen and oxygen atoms in total. The normalized spacial score (nSPS) is 12.4. The average Bonchev–Trinajstić information content (AvgIpc) is 2.82. The maximum Gasteiger partial charge on any atom is 0.408 e. The highest BCUT2D eigenvalue weighted by atomic mass is 19.1. The summed E-state index contributed by atoms with van der Waals surface area (Å²) in [5, 5.41) is 15.5. The van der Waals surface area contributed by atoms with Crippen molar-refractivity contribution in [1.82, 2.24) is 10.6 Å². The number of carbonyl (C=O) groups excluding carboxylic acids is 2. The number of hydrogen-bond donors (Lipinski definition) is 3. The van der Waals surface area contributed by atoms with Gasteiger partial charge >= 0.3 is 6.09 Å². The summed E-state index contributed by atoms with van der Waals surface area (Å²) in [7, 11) is 0. The zero-order valence-electron chi connectivity index (χ0n) is 17.4. The fourth-order valence-electron chi connectivity index (χ4n) is 3.12. The van der Waals surface area contributed by atoms with Gasteiger partial charge in [-0.05, 0) is 28.8 Å². The van der Waals surface area contributed by atoms with Crippen LogP contribution in [0.1, 0.15) is 22.8 Å². The molecule has 2 unspecified atom stereocenters. The number of halogens is 1. The van der Waals surface area contributed by atoms with Crippen molar-refractivity contribution in [2.45, 2.75) is 25.2 Å². The van der Waals surface area contributed by atoms with Gasteiger partial charge in [0.1, 0.15) is 18.5 Å². The molecule has 0 aliphatic heterocycles. The molecule has 2 atom stereocenters. The first-order valence-electron chi connectivity index (χ1n) is 10.2. The van der Waals surface area contributed by atoms with Crippen molar-refractivity contribution < 1.29 is 23.8 Å². The zero-order chi connectivity index (χ0) is 22.8. The lowest BCUT2D eigenvalue weighted by Gasteiger charge is -2.20. The second-order valence-corrected chi connectivity index (χ2v) is 7.26. The van der Waals surface area contributed by atoms with Crippen LogP contribution >= 0.6 is 0 Å². The van der Waals surface area contributed by atoms with Crippen molar-refractivity contribution in [2.75, 3.05) is 6.54 Å². The first kappa shape index (κ1) is 23.0. The minimum Gasteiger partial charge on any atom is -0.445 e. The van der Waals surface area contributed by atoms with Gasteiger partial charge in [-0.25, -0.2) is 9.18 Å². The highest BCUT2D eigenvalue weighted by Crippen LogP contribution is 2.13. The molecule has 0 aliphatic rings. The van der Waals surface area contributed by atoms with E-state index in [2.05, 4.69) is 10.6 Å². The lowest BCUT2D eigenvalue weighted by molar-refractivity contribution is -0.123. The van der Waals surface area contributed by atoms with E-state index in [1.807, 2.05) is 60.7 Å². The van der Waals surface area contributed by atoms with Crippen molar-refractivity contribution in [2.24, 2.45) is 0 Å². The van der Waals surface area contributed by atoms with Crippen molar-refractivity contribution in [3.8, 4) is 0 Å². The van der Waals surface area contributed by atoms with E-state index in [0.29, 0.717) is 5.56 Å². The average molecular weight is 436 g/mol. The molecule has 3 aromatic rings. The minimum absolute atomic E-state index is 0.0740. The molecule has 0 radical (unpaired) electrons. The van der Waals surface area contributed by atoms with Crippen molar-refractivity contribution in [1.29, 1.82) is 0 Å². The Labute approximate surface area is 186 Å². The van der Waals surface area contributed by atoms with Gasteiger partial charge in [0.15, 0.2) is 0 Å². The number of amides is 2. The number of aliphatic hydroxyl groups excluding tert-OH is 1. The third-order valence-corrected chi connectivity index (χ3v) is 4.81. The van der Waals surface area contributed by atoms with Gasteiger partial charge in [0.2, 0.25) is 5.91 Å². The van der Waals surface area contributed by atoms with Crippen molar-refractivity contribution in [3.63, 3.8) is 0 Å². The Bertz CT molecular complexity index is 1010. The van der Waals surface area contributed by atoms with Crippen LogP contribution in [0.2, 0.25) is 0 Å². The SMILES string of the molecule is O=C(NC(Cc1ccccc1)C(=O)NCC(O)c1cccc(F)c1)OCc1ccccc1. The predicted octanol–water partition coefficient (Wildman–Crippen LogP) is 3.51. The number of rotatable bonds is 9. The molecule has 3 rings (SSSR count). The molecular formula is C25H25FN2O4. The molecule has 32 heavy (non-hydrogen) atoms. The summed E-state index contributed by atoms with van der Waals surface area (Å²) < 4.78 is 18.6. The second kappa shape index (κ2) is 11.6. The smallest absolute Gasteiger partial charge is 0.408 e. The van der Waals surface area contributed by atoms with E-state index < -0.39 is 30.0 Å². The van der Waals surface area contributed by atoms with Crippen molar-refractivity contribution in [3.05, 3.63) is 107 Å². The van der Waals surface area contributed by atoms with E-state index in [0.717, 1.165) is 11.1 Å². The largest absolute Gasteiger partial charge is 0.445 e. The number of ether oxygens (including phenoxy) is 1. The molecule has 3 aromatic carbocycles. The van der Waals surface area contributed by atoms with E-state index >= 15 is 0 Å². The Balaban J connectivity index is 1.60. The van der Waals surface area contributed by atoms with Gasteiger partial charge < -0.3 is 20.5 Å². The van der Waals surface area contributed by atoms with Crippen LogP contribution in [0.3, 0.4) is 0 Å². The lowest BCUT2D eigenvalue weighted by atomic mass is 10.0. The van der Waals surface area contributed by atoms with Crippen LogP contribution in [0.25, 0.3) is 0 Å². The standard InChI is InChI=1S/C25H25FN2O4/c26-21-13-7-12-20(15-21)23(29)16-27-24(30)22(14-18-8-3-1-4-9-18)28-25(31)32-17-19-10-5-2-6-11-19/h1-13,15,22-23,29H,14,16-17H2,(H,27,30)(H,28,31). The number of alkyl carbamates (subject to hydrolysis) is 1.